The smallest absolute Gasteiger partial charge is 0.269 e. The van der Waals surface area contributed by atoms with E-state index in [1.807, 2.05) is 0 Å². The summed E-state index contributed by atoms with van der Waals surface area (Å²) in [5.41, 5.74) is 1.67. The first-order chi connectivity index (χ1) is 13.0. The normalized spacial score (nSPS) is 14.9. The molecule has 2 heterocycles. The molecule has 0 saturated carbocycles. The Balaban J connectivity index is 1.60. The van der Waals surface area contributed by atoms with Crippen LogP contribution in [0.15, 0.2) is 30.5 Å². The van der Waals surface area contributed by atoms with Gasteiger partial charge in [-0.3, -0.25) is 19.6 Å². The van der Waals surface area contributed by atoms with Crippen molar-refractivity contribution in [1.82, 2.24) is 25.3 Å². The average Bonchev–Trinajstić information content (AvgIpc) is 3.08. The third-order valence-electron chi connectivity index (χ3n) is 4.57. The number of hydrogen-bond acceptors (Lipinski definition) is 6. The Bertz CT molecular complexity index is 796. The monoisotopic (exact) mass is 372 g/mol. The zero-order chi connectivity index (χ0) is 19.2. The van der Waals surface area contributed by atoms with E-state index in [1.165, 1.54) is 12.1 Å². The van der Waals surface area contributed by atoms with Crippen molar-refractivity contribution in [1.29, 1.82) is 0 Å². The van der Waals surface area contributed by atoms with E-state index in [2.05, 4.69) is 20.6 Å². The quantitative estimate of drug-likeness (QED) is 0.427. The van der Waals surface area contributed by atoms with Crippen molar-refractivity contribution in [2.24, 2.45) is 7.05 Å². The molecule has 0 spiro atoms. The number of amides is 1. The van der Waals surface area contributed by atoms with Crippen molar-refractivity contribution in [3.8, 4) is 11.3 Å². The van der Waals surface area contributed by atoms with Gasteiger partial charge in [-0.25, -0.2) is 0 Å². The Labute approximate surface area is 157 Å². The largest absolute Gasteiger partial charge is 0.352 e. The second kappa shape index (κ2) is 8.74. The summed E-state index contributed by atoms with van der Waals surface area (Å²) < 4.78 is 1.58. The highest BCUT2D eigenvalue weighted by atomic mass is 16.6. The number of benzene rings is 1. The van der Waals surface area contributed by atoms with Crippen LogP contribution in [0.2, 0.25) is 0 Å². The molecule has 1 saturated heterocycles. The summed E-state index contributed by atoms with van der Waals surface area (Å²) in [4.78, 5) is 25.3. The number of nitro groups is 1. The van der Waals surface area contributed by atoms with Crippen molar-refractivity contribution < 1.29 is 9.72 Å². The van der Waals surface area contributed by atoms with Crippen LogP contribution in [0.5, 0.6) is 0 Å². The van der Waals surface area contributed by atoms with E-state index >= 15 is 0 Å². The summed E-state index contributed by atoms with van der Waals surface area (Å²) in [6, 6.07) is 6.06. The fourth-order valence-corrected chi connectivity index (χ4v) is 3.14. The average molecular weight is 372 g/mol. The first-order valence-electron chi connectivity index (χ1n) is 9.04. The molecule has 1 aliphatic heterocycles. The number of rotatable bonds is 7. The minimum atomic E-state index is -0.450. The molecule has 0 radical (unpaired) electrons. The number of nitro benzene ring substituents is 1. The molecule has 144 valence electrons. The number of non-ortho nitro benzene ring substituents is 1. The number of aryl methyl sites for hydroxylation is 1. The molecule has 1 aliphatic rings. The van der Waals surface area contributed by atoms with Crippen LogP contribution in [0, 0.1) is 10.1 Å². The molecule has 2 N–H and O–H groups in total. The third-order valence-corrected chi connectivity index (χ3v) is 4.57. The van der Waals surface area contributed by atoms with Gasteiger partial charge in [0.15, 0.2) is 0 Å². The lowest BCUT2D eigenvalue weighted by Gasteiger charge is -2.27. The molecule has 9 heteroatoms. The lowest BCUT2D eigenvalue weighted by Crippen LogP contribution is -2.44. The van der Waals surface area contributed by atoms with Crippen LogP contribution in [-0.2, 0) is 7.05 Å². The molecule has 0 atom stereocenters. The molecular weight excluding hydrogens is 348 g/mol. The van der Waals surface area contributed by atoms with Crippen molar-refractivity contribution in [2.75, 3.05) is 39.3 Å². The molecule has 1 amide bonds. The van der Waals surface area contributed by atoms with Crippen molar-refractivity contribution in [3.05, 3.63) is 46.1 Å². The molecule has 1 aromatic heterocycles. The minimum absolute atomic E-state index is 0.00796. The molecular formula is C18H24N6O3. The van der Waals surface area contributed by atoms with Crippen molar-refractivity contribution in [3.63, 3.8) is 0 Å². The van der Waals surface area contributed by atoms with Crippen LogP contribution in [0.25, 0.3) is 11.3 Å². The predicted molar refractivity (Wildman–Crippen MR) is 102 cm³/mol. The second-order valence-electron chi connectivity index (χ2n) is 6.57. The first-order valence-corrected chi connectivity index (χ1v) is 9.04. The maximum absolute atomic E-state index is 12.6. The van der Waals surface area contributed by atoms with Crippen LogP contribution in [0.3, 0.4) is 0 Å². The Hall–Kier alpha value is -2.78. The van der Waals surface area contributed by atoms with Gasteiger partial charge in [0, 0.05) is 63.7 Å². The van der Waals surface area contributed by atoms with Crippen molar-refractivity contribution in [2.45, 2.75) is 6.42 Å². The highest BCUT2D eigenvalue weighted by Gasteiger charge is 2.18. The van der Waals surface area contributed by atoms with Crippen molar-refractivity contribution >= 4 is 11.6 Å². The van der Waals surface area contributed by atoms with Gasteiger partial charge in [-0.15, -0.1) is 0 Å². The zero-order valence-corrected chi connectivity index (χ0v) is 15.4. The fraction of sp³-hybridized carbons (Fsp3) is 0.444. The van der Waals surface area contributed by atoms with E-state index in [0.29, 0.717) is 23.4 Å². The summed E-state index contributed by atoms with van der Waals surface area (Å²) in [5.74, 6) is -0.184. The number of carbonyl (C=O) groups excluding carboxylic acids is 1. The zero-order valence-electron chi connectivity index (χ0n) is 15.4. The van der Waals surface area contributed by atoms with Gasteiger partial charge in [0.1, 0.15) is 5.69 Å². The van der Waals surface area contributed by atoms with Gasteiger partial charge in [-0.2, -0.15) is 5.10 Å². The molecule has 0 unspecified atom stereocenters. The van der Waals surface area contributed by atoms with E-state index in [1.54, 1.807) is 30.1 Å². The van der Waals surface area contributed by atoms with E-state index < -0.39 is 4.92 Å². The van der Waals surface area contributed by atoms with Crippen LogP contribution in [-0.4, -0.2) is 64.8 Å². The van der Waals surface area contributed by atoms with E-state index in [-0.39, 0.29) is 11.6 Å². The van der Waals surface area contributed by atoms with Crippen LogP contribution in [0.4, 0.5) is 5.69 Å². The maximum atomic E-state index is 12.6. The third kappa shape index (κ3) is 4.89. The predicted octanol–water partition coefficient (Wildman–Crippen LogP) is 1.02. The summed E-state index contributed by atoms with van der Waals surface area (Å²) in [6.07, 6.45) is 2.56. The number of nitrogens with one attached hydrogen (secondary N) is 2. The lowest BCUT2D eigenvalue weighted by molar-refractivity contribution is -0.384. The Kier molecular flexibility index (Phi) is 6.15. The topological polar surface area (TPSA) is 105 Å². The van der Waals surface area contributed by atoms with Crippen LogP contribution < -0.4 is 10.6 Å². The van der Waals surface area contributed by atoms with Crippen LogP contribution >= 0.6 is 0 Å². The molecule has 2 aromatic rings. The van der Waals surface area contributed by atoms with E-state index in [0.717, 1.165) is 39.1 Å². The minimum Gasteiger partial charge on any atom is -0.352 e. The fourth-order valence-electron chi connectivity index (χ4n) is 3.14. The molecule has 27 heavy (non-hydrogen) atoms. The van der Waals surface area contributed by atoms with Gasteiger partial charge in [0.2, 0.25) is 0 Å². The molecule has 3 rings (SSSR count). The molecule has 1 aromatic carbocycles. The number of aromatic nitrogens is 2. The number of hydrogen-bond donors (Lipinski definition) is 2. The van der Waals surface area contributed by atoms with Gasteiger partial charge < -0.3 is 15.5 Å². The summed E-state index contributed by atoms with van der Waals surface area (Å²) in [6.45, 7) is 5.67. The standard InChI is InChI=1S/C18H24N6O3/c1-22-13-16(17(21-22)14-3-5-15(6-4-14)24(26)27)18(25)20-7-2-10-23-11-8-19-9-12-23/h3-6,13,19H,2,7-12H2,1H3,(H,20,25). The Morgan fingerprint density at radius 1 is 1.30 bits per heavy atom. The molecule has 0 aliphatic carbocycles. The van der Waals surface area contributed by atoms with Gasteiger partial charge >= 0.3 is 0 Å². The lowest BCUT2D eigenvalue weighted by atomic mass is 10.1. The number of nitrogens with zero attached hydrogens (tertiary/aromatic N) is 4. The van der Waals surface area contributed by atoms with Gasteiger partial charge in [0.25, 0.3) is 11.6 Å². The summed E-state index contributed by atoms with van der Waals surface area (Å²) >= 11 is 0. The highest BCUT2D eigenvalue weighted by molar-refractivity contribution is 5.99. The first kappa shape index (κ1) is 19.0. The van der Waals surface area contributed by atoms with Gasteiger partial charge in [0.05, 0.1) is 10.5 Å². The second-order valence-corrected chi connectivity index (χ2v) is 6.57. The molecule has 0 bridgehead atoms. The summed E-state index contributed by atoms with van der Waals surface area (Å²) in [7, 11) is 1.75. The maximum Gasteiger partial charge on any atom is 0.269 e. The Morgan fingerprint density at radius 3 is 2.67 bits per heavy atom. The number of piperazine rings is 1. The number of carbonyl (C=O) groups is 1. The SMILES string of the molecule is Cn1cc(C(=O)NCCCN2CCNCC2)c(-c2ccc([N+](=O)[O-])cc2)n1. The van der Waals surface area contributed by atoms with Gasteiger partial charge in [-0.05, 0) is 25.1 Å². The van der Waals surface area contributed by atoms with E-state index in [4.69, 9.17) is 0 Å². The Morgan fingerprint density at radius 2 is 2.00 bits per heavy atom. The van der Waals surface area contributed by atoms with Gasteiger partial charge in [-0.1, -0.05) is 0 Å². The van der Waals surface area contributed by atoms with E-state index in [9.17, 15) is 14.9 Å². The van der Waals surface area contributed by atoms with Crippen LogP contribution in [0.1, 0.15) is 16.8 Å². The molecule has 1 fully saturated rings. The summed E-state index contributed by atoms with van der Waals surface area (Å²) in [5, 5.41) is 21.4. The molecule has 9 nitrogen and oxygen atoms in total. The highest BCUT2D eigenvalue weighted by Crippen LogP contribution is 2.24.